The van der Waals surface area contributed by atoms with Crippen LogP contribution in [0.5, 0.6) is 0 Å². The lowest BCUT2D eigenvalue weighted by atomic mass is 10.2. The molecule has 1 aliphatic rings. The van der Waals surface area contributed by atoms with Gasteiger partial charge in [-0.3, -0.25) is 0 Å². The first-order valence-electron chi connectivity index (χ1n) is 6.16. The summed E-state index contributed by atoms with van der Waals surface area (Å²) in [5, 5.41) is 0. The second-order valence-electron chi connectivity index (χ2n) is 5.54. The Labute approximate surface area is 119 Å². The molecule has 1 amide bonds. The predicted octanol–water partition coefficient (Wildman–Crippen LogP) is 1.11. The van der Waals surface area contributed by atoms with Crippen molar-refractivity contribution < 1.29 is 26.9 Å². The highest BCUT2D eigenvalue weighted by Gasteiger charge is 2.31. The van der Waals surface area contributed by atoms with E-state index in [1.54, 1.807) is 20.8 Å². The van der Waals surface area contributed by atoms with Gasteiger partial charge < -0.3 is 18.6 Å². The van der Waals surface area contributed by atoms with Crippen molar-refractivity contribution in [1.29, 1.82) is 0 Å². The monoisotopic (exact) mass is 307 g/mol. The summed E-state index contributed by atoms with van der Waals surface area (Å²) >= 11 is 0. The number of hydrogen-bond donors (Lipinski definition) is 0. The van der Waals surface area contributed by atoms with E-state index in [2.05, 4.69) is 10.8 Å². The van der Waals surface area contributed by atoms with Crippen molar-refractivity contribution in [3.05, 3.63) is 12.3 Å². The Kier molecular flexibility index (Phi) is 5.04. The third kappa shape index (κ3) is 5.79. The fourth-order valence-corrected chi connectivity index (χ4v) is 2.08. The van der Waals surface area contributed by atoms with E-state index in [1.807, 2.05) is 0 Å². The maximum Gasteiger partial charge on any atom is 0.410 e. The standard InChI is InChI=1S/C12H21NO6S/c1-9(19-20(5,15)16)10-8-13(6-7-17-10)11(14)18-12(2,3)4/h10H,1,6-8H2,2-5H3/t10-/m0/s1. The van der Waals surface area contributed by atoms with E-state index < -0.39 is 27.9 Å². The molecule has 1 saturated heterocycles. The van der Waals surface area contributed by atoms with Gasteiger partial charge in [-0.1, -0.05) is 6.58 Å². The molecule has 1 aliphatic heterocycles. The van der Waals surface area contributed by atoms with E-state index in [-0.39, 0.29) is 18.9 Å². The lowest BCUT2D eigenvalue weighted by molar-refractivity contribution is -0.0382. The van der Waals surface area contributed by atoms with Gasteiger partial charge in [0.2, 0.25) is 0 Å². The number of amides is 1. The molecular weight excluding hydrogens is 286 g/mol. The Morgan fingerprint density at radius 2 is 2.00 bits per heavy atom. The third-order valence-electron chi connectivity index (χ3n) is 2.34. The van der Waals surface area contributed by atoms with Crippen LogP contribution in [0.4, 0.5) is 4.79 Å². The zero-order valence-corrected chi connectivity index (χ0v) is 13.0. The molecule has 0 spiro atoms. The number of rotatable bonds is 3. The molecule has 0 aromatic heterocycles. The molecular formula is C12H21NO6S. The van der Waals surface area contributed by atoms with Crippen LogP contribution in [-0.2, 0) is 23.8 Å². The summed E-state index contributed by atoms with van der Waals surface area (Å²) in [4.78, 5) is 13.4. The topological polar surface area (TPSA) is 82.1 Å². The van der Waals surface area contributed by atoms with E-state index in [4.69, 9.17) is 9.47 Å². The molecule has 0 N–H and O–H groups in total. The Morgan fingerprint density at radius 3 is 2.50 bits per heavy atom. The highest BCUT2D eigenvalue weighted by molar-refractivity contribution is 7.86. The molecule has 1 rings (SSSR count). The van der Waals surface area contributed by atoms with Crippen molar-refractivity contribution in [2.45, 2.75) is 32.5 Å². The summed E-state index contributed by atoms with van der Waals surface area (Å²) in [6.07, 6.45) is -0.240. The molecule has 0 aliphatic carbocycles. The summed E-state index contributed by atoms with van der Waals surface area (Å²) in [6, 6.07) is 0. The SMILES string of the molecule is C=C(OS(C)(=O)=O)[C@@H]1CN(C(=O)OC(C)(C)C)CCO1. The molecule has 0 bridgehead atoms. The molecule has 0 radical (unpaired) electrons. The average molecular weight is 307 g/mol. The lowest BCUT2D eigenvalue weighted by Crippen LogP contribution is -2.48. The Balaban J connectivity index is 2.63. The zero-order chi connectivity index (χ0) is 15.6. The Hall–Kier alpha value is -1.28. The minimum absolute atomic E-state index is 0.0410. The second kappa shape index (κ2) is 6.01. The van der Waals surface area contributed by atoms with Crippen LogP contribution in [0.1, 0.15) is 20.8 Å². The molecule has 7 nitrogen and oxygen atoms in total. The maximum absolute atomic E-state index is 11.9. The highest BCUT2D eigenvalue weighted by atomic mass is 32.2. The fraction of sp³-hybridized carbons (Fsp3) is 0.750. The molecule has 0 saturated carbocycles. The van der Waals surface area contributed by atoms with Gasteiger partial charge in [0, 0.05) is 6.54 Å². The quantitative estimate of drug-likeness (QED) is 0.574. The predicted molar refractivity (Wildman–Crippen MR) is 72.6 cm³/mol. The molecule has 1 heterocycles. The minimum Gasteiger partial charge on any atom is -0.444 e. The second-order valence-corrected chi connectivity index (χ2v) is 7.11. The summed E-state index contributed by atoms with van der Waals surface area (Å²) in [7, 11) is -3.65. The van der Waals surface area contributed by atoms with Crippen LogP contribution in [0.2, 0.25) is 0 Å². The van der Waals surface area contributed by atoms with Gasteiger partial charge in [0.15, 0.2) is 0 Å². The van der Waals surface area contributed by atoms with Crippen LogP contribution >= 0.6 is 0 Å². The molecule has 1 atom stereocenters. The van der Waals surface area contributed by atoms with E-state index >= 15 is 0 Å². The van der Waals surface area contributed by atoms with Gasteiger partial charge in [-0.05, 0) is 20.8 Å². The summed E-state index contributed by atoms with van der Waals surface area (Å²) < 4.78 is 37.4. The van der Waals surface area contributed by atoms with Crippen molar-refractivity contribution in [3.63, 3.8) is 0 Å². The van der Waals surface area contributed by atoms with Crippen molar-refractivity contribution in [3.8, 4) is 0 Å². The van der Waals surface area contributed by atoms with Gasteiger partial charge in [-0.15, -0.1) is 0 Å². The van der Waals surface area contributed by atoms with Crippen LogP contribution in [-0.4, -0.2) is 57.1 Å². The van der Waals surface area contributed by atoms with Crippen LogP contribution in [0, 0.1) is 0 Å². The van der Waals surface area contributed by atoms with Crippen LogP contribution < -0.4 is 0 Å². The number of ether oxygens (including phenoxy) is 2. The molecule has 0 aromatic carbocycles. The molecule has 20 heavy (non-hydrogen) atoms. The van der Waals surface area contributed by atoms with Crippen molar-refractivity contribution in [1.82, 2.24) is 4.90 Å². The van der Waals surface area contributed by atoms with E-state index in [1.165, 1.54) is 4.90 Å². The first-order chi connectivity index (χ1) is 8.98. The van der Waals surface area contributed by atoms with Crippen LogP contribution in [0.3, 0.4) is 0 Å². The Bertz CT molecular complexity index is 479. The number of carbonyl (C=O) groups is 1. The van der Waals surface area contributed by atoms with Gasteiger partial charge in [0.25, 0.3) is 0 Å². The van der Waals surface area contributed by atoms with Gasteiger partial charge in [-0.25, -0.2) is 4.79 Å². The summed E-state index contributed by atoms with van der Waals surface area (Å²) in [6.45, 7) is 9.62. The van der Waals surface area contributed by atoms with Gasteiger partial charge >= 0.3 is 16.2 Å². The van der Waals surface area contributed by atoms with Crippen molar-refractivity contribution >= 4 is 16.2 Å². The highest BCUT2D eigenvalue weighted by Crippen LogP contribution is 2.17. The van der Waals surface area contributed by atoms with Crippen molar-refractivity contribution in [2.75, 3.05) is 26.0 Å². The zero-order valence-electron chi connectivity index (χ0n) is 12.2. The van der Waals surface area contributed by atoms with Crippen molar-refractivity contribution in [2.24, 2.45) is 0 Å². The molecule has 116 valence electrons. The largest absolute Gasteiger partial charge is 0.444 e. The molecule has 8 heteroatoms. The van der Waals surface area contributed by atoms with Gasteiger partial charge in [0.05, 0.1) is 19.4 Å². The summed E-state index contributed by atoms with van der Waals surface area (Å²) in [5.74, 6) is -0.0410. The van der Waals surface area contributed by atoms with Gasteiger partial charge in [-0.2, -0.15) is 8.42 Å². The molecule has 0 aromatic rings. The lowest BCUT2D eigenvalue weighted by Gasteiger charge is -2.34. The van der Waals surface area contributed by atoms with Gasteiger partial charge in [0.1, 0.15) is 17.5 Å². The number of carbonyl (C=O) groups excluding carboxylic acids is 1. The number of morpholine rings is 1. The summed E-state index contributed by atoms with van der Waals surface area (Å²) in [5.41, 5.74) is -0.592. The fourth-order valence-electron chi connectivity index (χ4n) is 1.58. The smallest absolute Gasteiger partial charge is 0.410 e. The molecule has 1 fully saturated rings. The maximum atomic E-state index is 11.9. The Morgan fingerprint density at radius 1 is 1.40 bits per heavy atom. The minimum atomic E-state index is -3.65. The molecule has 0 unspecified atom stereocenters. The van der Waals surface area contributed by atoms with Crippen LogP contribution in [0.15, 0.2) is 12.3 Å². The number of nitrogens with zero attached hydrogens (tertiary/aromatic N) is 1. The van der Waals surface area contributed by atoms with E-state index in [0.717, 1.165) is 6.26 Å². The van der Waals surface area contributed by atoms with Crippen LogP contribution in [0.25, 0.3) is 0 Å². The van der Waals surface area contributed by atoms with E-state index in [9.17, 15) is 13.2 Å². The number of hydrogen-bond acceptors (Lipinski definition) is 6. The first-order valence-corrected chi connectivity index (χ1v) is 7.97. The average Bonchev–Trinajstić information content (AvgIpc) is 2.24. The normalized spacial score (nSPS) is 20.4. The first kappa shape index (κ1) is 16.8. The third-order valence-corrected chi connectivity index (χ3v) is 2.85. The van der Waals surface area contributed by atoms with E-state index in [0.29, 0.717) is 6.54 Å².